The van der Waals surface area contributed by atoms with Crippen molar-refractivity contribution in [3.8, 4) is 0 Å². The number of imidazole rings is 1. The van der Waals surface area contributed by atoms with Gasteiger partial charge in [-0.25, -0.2) is 19.9 Å². The predicted molar refractivity (Wildman–Crippen MR) is 99.8 cm³/mol. The molecule has 4 heterocycles. The van der Waals surface area contributed by atoms with Crippen LogP contribution in [0.15, 0.2) is 49.3 Å². The van der Waals surface area contributed by atoms with Crippen molar-refractivity contribution in [1.82, 2.24) is 29.8 Å². The SMILES string of the molecule is c1ccc(Nc2cc(CC3CCN(Cc4cnc[nH]4)CC3)ncn2)nc1. The summed E-state index contributed by atoms with van der Waals surface area (Å²) in [6.45, 7) is 3.19. The van der Waals surface area contributed by atoms with Gasteiger partial charge in [-0.3, -0.25) is 4.90 Å². The van der Waals surface area contributed by atoms with E-state index in [4.69, 9.17) is 0 Å². The minimum atomic E-state index is 0.672. The van der Waals surface area contributed by atoms with Crippen molar-refractivity contribution >= 4 is 11.6 Å². The molecule has 0 aromatic carbocycles. The topological polar surface area (TPSA) is 82.6 Å². The molecule has 0 saturated carbocycles. The monoisotopic (exact) mass is 349 g/mol. The molecule has 3 aromatic rings. The van der Waals surface area contributed by atoms with Crippen LogP contribution in [0.5, 0.6) is 0 Å². The van der Waals surface area contributed by atoms with Gasteiger partial charge >= 0.3 is 0 Å². The Morgan fingerprint density at radius 2 is 2.04 bits per heavy atom. The van der Waals surface area contributed by atoms with E-state index in [-0.39, 0.29) is 0 Å². The minimum absolute atomic E-state index is 0.672. The molecule has 0 bridgehead atoms. The molecule has 26 heavy (non-hydrogen) atoms. The van der Waals surface area contributed by atoms with Gasteiger partial charge in [-0.05, 0) is 50.4 Å². The average molecular weight is 349 g/mol. The van der Waals surface area contributed by atoms with E-state index in [1.807, 2.05) is 30.5 Å². The number of rotatable bonds is 6. The first-order valence-electron chi connectivity index (χ1n) is 9.04. The van der Waals surface area contributed by atoms with E-state index >= 15 is 0 Å². The third kappa shape index (κ3) is 4.43. The zero-order valence-corrected chi connectivity index (χ0v) is 14.7. The summed E-state index contributed by atoms with van der Waals surface area (Å²) in [5, 5.41) is 3.23. The Hall–Kier alpha value is -2.80. The minimum Gasteiger partial charge on any atom is -0.347 e. The Morgan fingerprint density at radius 3 is 2.81 bits per heavy atom. The highest BCUT2D eigenvalue weighted by atomic mass is 15.1. The normalized spacial score (nSPS) is 15.8. The average Bonchev–Trinajstić information content (AvgIpc) is 3.18. The number of nitrogens with one attached hydrogen (secondary N) is 2. The van der Waals surface area contributed by atoms with Gasteiger partial charge in [-0.1, -0.05) is 6.07 Å². The van der Waals surface area contributed by atoms with Gasteiger partial charge in [-0.2, -0.15) is 0 Å². The maximum Gasteiger partial charge on any atom is 0.135 e. The lowest BCUT2D eigenvalue weighted by molar-refractivity contribution is 0.175. The molecule has 0 atom stereocenters. The van der Waals surface area contributed by atoms with Crippen LogP contribution in [0.25, 0.3) is 0 Å². The lowest BCUT2D eigenvalue weighted by atomic mass is 9.92. The van der Waals surface area contributed by atoms with Crippen LogP contribution in [0.1, 0.15) is 24.2 Å². The standard InChI is InChI=1S/C19H23N7/c1-2-6-21-18(3-1)25-19-10-16(23-14-24-19)9-15-4-7-26(8-5-15)12-17-11-20-13-22-17/h1-3,6,10-11,13-15H,4-5,7-9,12H2,(H,20,22)(H,21,23,24,25). The summed E-state index contributed by atoms with van der Waals surface area (Å²) in [5.74, 6) is 2.26. The fraction of sp³-hybridized carbons (Fsp3) is 0.368. The Balaban J connectivity index is 1.30. The molecule has 134 valence electrons. The van der Waals surface area contributed by atoms with Crippen LogP contribution < -0.4 is 5.32 Å². The van der Waals surface area contributed by atoms with Crippen LogP contribution in [0.3, 0.4) is 0 Å². The van der Waals surface area contributed by atoms with Gasteiger partial charge in [0, 0.05) is 36.4 Å². The highest BCUT2D eigenvalue weighted by Crippen LogP contribution is 2.23. The Morgan fingerprint density at radius 1 is 1.12 bits per heavy atom. The Kier molecular flexibility index (Phi) is 5.16. The number of aromatic nitrogens is 5. The van der Waals surface area contributed by atoms with Gasteiger partial charge in [0.05, 0.1) is 6.33 Å². The van der Waals surface area contributed by atoms with Crippen LogP contribution in [0, 0.1) is 5.92 Å². The number of piperidine rings is 1. The molecule has 1 aliphatic rings. The molecule has 1 aliphatic heterocycles. The summed E-state index contributed by atoms with van der Waals surface area (Å²) in [6.07, 6.45) is 10.4. The second-order valence-electron chi connectivity index (χ2n) is 6.74. The zero-order valence-electron chi connectivity index (χ0n) is 14.7. The number of H-pyrrole nitrogens is 1. The highest BCUT2D eigenvalue weighted by Gasteiger charge is 2.20. The fourth-order valence-electron chi connectivity index (χ4n) is 3.40. The molecule has 7 nitrogen and oxygen atoms in total. The molecule has 3 aromatic heterocycles. The second kappa shape index (κ2) is 8.05. The zero-order chi connectivity index (χ0) is 17.6. The van der Waals surface area contributed by atoms with Crippen LogP contribution in [-0.4, -0.2) is 42.9 Å². The van der Waals surface area contributed by atoms with Crippen molar-refractivity contribution in [1.29, 1.82) is 0 Å². The largest absolute Gasteiger partial charge is 0.347 e. The Labute approximate surface area is 152 Å². The Bertz CT molecular complexity index is 796. The number of pyridine rings is 1. The number of likely N-dealkylation sites (tertiary alicyclic amines) is 1. The molecule has 7 heteroatoms. The first kappa shape index (κ1) is 16.7. The van der Waals surface area contributed by atoms with Crippen LogP contribution in [-0.2, 0) is 13.0 Å². The van der Waals surface area contributed by atoms with Crippen LogP contribution in [0.4, 0.5) is 11.6 Å². The maximum absolute atomic E-state index is 4.46. The summed E-state index contributed by atoms with van der Waals surface area (Å²) in [4.78, 5) is 22.8. The molecule has 0 unspecified atom stereocenters. The van der Waals surface area contributed by atoms with E-state index in [1.54, 1.807) is 18.9 Å². The molecule has 0 spiro atoms. The number of hydrogen-bond acceptors (Lipinski definition) is 6. The van der Waals surface area contributed by atoms with E-state index in [9.17, 15) is 0 Å². The number of nitrogens with zero attached hydrogens (tertiary/aromatic N) is 5. The maximum atomic E-state index is 4.46. The van der Waals surface area contributed by atoms with Gasteiger partial charge in [0.15, 0.2) is 0 Å². The first-order chi connectivity index (χ1) is 12.8. The molecule has 2 N–H and O–H groups in total. The molecular weight excluding hydrogens is 326 g/mol. The molecule has 0 amide bonds. The van der Waals surface area contributed by atoms with E-state index in [0.717, 1.165) is 43.4 Å². The molecule has 0 aliphatic carbocycles. The van der Waals surface area contributed by atoms with E-state index in [2.05, 4.69) is 35.1 Å². The van der Waals surface area contributed by atoms with Gasteiger partial charge in [0.25, 0.3) is 0 Å². The van der Waals surface area contributed by atoms with Gasteiger partial charge in [0.1, 0.15) is 18.0 Å². The molecular formula is C19H23N7. The third-order valence-electron chi connectivity index (χ3n) is 4.80. The lowest BCUT2D eigenvalue weighted by Crippen LogP contribution is -2.34. The van der Waals surface area contributed by atoms with Gasteiger partial charge in [-0.15, -0.1) is 0 Å². The number of anilines is 2. The summed E-state index contributed by atoms with van der Waals surface area (Å²) in [6, 6.07) is 7.81. The summed E-state index contributed by atoms with van der Waals surface area (Å²) in [5.41, 5.74) is 2.27. The molecule has 4 rings (SSSR count). The second-order valence-corrected chi connectivity index (χ2v) is 6.74. The van der Waals surface area contributed by atoms with Crippen molar-refractivity contribution in [3.05, 3.63) is 60.7 Å². The number of aromatic amines is 1. The van der Waals surface area contributed by atoms with Crippen molar-refractivity contribution in [3.63, 3.8) is 0 Å². The van der Waals surface area contributed by atoms with E-state index in [0.29, 0.717) is 5.92 Å². The van der Waals surface area contributed by atoms with E-state index in [1.165, 1.54) is 18.5 Å². The summed E-state index contributed by atoms with van der Waals surface area (Å²) < 4.78 is 0. The van der Waals surface area contributed by atoms with Gasteiger partial charge < -0.3 is 10.3 Å². The van der Waals surface area contributed by atoms with E-state index < -0.39 is 0 Å². The quantitative estimate of drug-likeness (QED) is 0.712. The molecule has 0 radical (unpaired) electrons. The predicted octanol–water partition coefficient (Wildman–Crippen LogP) is 2.79. The van der Waals surface area contributed by atoms with Crippen molar-refractivity contribution in [2.24, 2.45) is 5.92 Å². The summed E-state index contributed by atoms with van der Waals surface area (Å²) in [7, 11) is 0. The van der Waals surface area contributed by atoms with Crippen molar-refractivity contribution in [2.45, 2.75) is 25.8 Å². The lowest BCUT2D eigenvalue weighted by Gasteiger charge is -2.31. The van der Waals surface area contributed by atoms with Gasteiger partial charge in [0.2, 0.25) is 0 Å². The third-order valence-corrected chi connectivity index (χ3v) is 4.80. The smallest absolute Gasteiger partial charge is 0.135 e. The van der Waals surface area contributed by atoms with Crippen LogP contribution in [0.2, 0.25) is 0 Å². The molecule has 1 saturated heterocycles. The summed E-state index contributed by atoms with van der Waals surface area (Å²) >= 11 is 0. The first-order valence-corrected chi connectivity index (χ1v) is 9.04. The van der Waals surface area contributed by atoms with Crippen LogP contribution >= 0.6 is 0 Å². The van der Waals surface area contributed by atoms with Crippen molar-refractivity contribution < 1.29 is 0 Å². The highest BCUT2D eigenvalue weighted by molar-refractivity contribution is 5.50. The fourth-order valence-corrected chi connectivity index (χ4v) is 3.40. The van der Waals surface area contributed by atoms with Crippen molar-refractivity contribution in [2.75, 3.05) is 18.4 Å². The number of hydrogen-bond donors (Lipinski definition) is 2. The molecule has 1 fully saturated rings.